The van der Waals surface area contributed by atoms with Crippen molar-refractivity contribution in [2.45, 2.75) is 22.6 Å². The van der Waals surface area contributed by atoms with Gasteiger partial charge in [0.1, 0.15) is 0 Å². The molecule has 1 fully saturated rings. The monoisotopic (exact) mass is 319 g/mol. The first-order valence-electron chi connectivity index (χ1n) is 5.98. The average Bonchev–Trinajstić information content (AvgIpc) is 3.01. The second kappa shape index (κ2) is 5.62. The Labute approximate surface area is 121 Å². The number of piperidine rings is 1. The van der Waals surface area contributed by atoms with Crippen molar-refractivity contribution in [3.63, 3.8) is 0 Å². The number of hydrogen-bond donors (Lipinski definition) is 3. The molecule has 1 aliphatic heterocycles. The Bertz CT molecular complexity index is 576. The molecule has 0 aromatic carbocycles. The zero-order valence-electron chi connectivity index (χ0n) is 11.0. The fourth-order valence-corrected chi connectivity index (χ4v) is 4.44. The van der Waals surface area contributed by atoms with Gasteiger partial charge in [0, 0.05) is 13.1 Å². The molecule has 0 aliphatic carbocycles. The zero-order valence-corrected chi connectivity index (χ0v) is 12.6. The van der Waals surface area contributed by atoms with Crippen molar-refractivity contribution < 1.29 is 13.6 Å². The van der Waals surface area contributed by atoms with E-state index >= 15 is 0 Å². The SMILES string of the molecule is CSC1(C(N)=NO)CCN(S(=O)(=O)c2cnc[nH]2)CC1. The molecular weight excluding hydrogens is 302 g/mol. The van der Waals surface area contributed by atoms with Crippen LogP contribution in [0.4, 0.5) is 0 Å². The Hall–Kier alpha value is -1.26. The van der Waals surface area contributed by atoms with E-state index in [0.717, 1.165) is 0 Å². The number of nitrogens with one attached hydrogen (secondary N) is 1. The van der Waals surface area contributed by atoms with Gasteiger partial charge in [0.05, 0.1) is 17.3 Å². The second-order valence-electron chi connectivity index (χ2n) is 4.50. The molecule has 0 radical (unpaired) electrons. The number of amidine groups is 1. The van der Waals surface area contributed by atoms with Gasteiger partial charge in [-0.1, -0.05) is 5.16 Å². The van der Waals surface area contributed by atoms with Gasteiger partial charge in [0.15, 0.2) is 10.9 Å². The van der Waals surface area contributed by atoms with Crippen LogP contribution in [0, 0.1) is 0 Å². The minimum Gasteiger partial charge on any atom is -0.409 e. The van der Waals surface area contributed by atoms with Gasteiger partial charge in [-0.05, 0) is 19.1 Å². The van der Waals surface area contributed by atoms with Gasteiger partial charge in [-0.2, -0.15) is 16.1 Å². The summed E-state index contributed by atoms with van der Waals surface area (Å²) in [5.41, 5.74) is 5.74. The molecule has 20 heavy (non-hydrogen) atoms. The summed E-state index contributed by atoms with van der Waals surface area (Å²) in [6.07, 6.45) is 5.49. The first-order chi connectivity index (χ1) is 9.46. The number of hydrogen-bond acceptors (Lipinski definition) is 6. The van der Waals surface area contributed by atoms with Gasteiger partial charge in [-0.3, -0.25) is 0 Å². The molecule has 1 aliphatic rings. The molecule has 1 aromatic heterocycles. The lowest BCUT2D eigenvalue weighted by Crippen LogP contribution is -2.51. The molecule has 0 atom stereocenters. The smallest absolute Gasteiger partial charge is 0.260 e. The normalized spacial score (nSPS) is 20.9. The predicted octanol–water partition coefficient (Wildman–Crippen LogP) is 0.0424. The number of sulfonamides is 1. The van der Waals surface area contributed by atoms with Gasteiger partial charge < -0.3 is 15.9 Å². The molecule has 0 unspecified atom stereocenters. The van der Waals surface area contributed by atoms with Crippen molar-refractivity contribution in [1.82, 2.24) is 14.3 Å². The maximum atomic E-state index is 12.3. The molecule has 0 bridgehead atoms. The van der Waals surface area contributed by atoms with Crippen LogP contribution in [0.15, 0.2) is 22.7 Å². The van der Waals surface area contributed by atoms with Crippen molar-refractivity contribution in [3.8, 4) is 0 Å². The minimum absolute atomic E-state index is 0.0814. The van der Waals surface area contributed by atoms with Crippen LogP contribution in [0.5, 0.6) is 0 Å². The summed E-state index contributed by atoms with van der Waals surface area (Å²) in [6, 6.07) is 0. The Kier molecular flexibility index (Phi) is 4.25. The molecule has 10 heteroatoms. The van der Waals surface area contributed by atoms with Gasteiger partial charge in [-0.25, -0.2) is 13.4 Å². The number of aromatic nitrogens is 2. The number of imidazole rings is 1. The predicted molar refractivity (Wildman–Crippen MR) is 76.2 cm³/mol. The maximum absolute atomic E-state index is 12.3. The Morgan fingerprint density at radius 1 is 1.60 bits per heavy atom. The lowest BCUT2D eigenvalue weighted by atomic mass is 9.96. The molecule has 4 N–H and O–H groups in total. The van der Waals surface area contributed by atoms with E-state index in [-0.39, 0.29) is 10.9 Å². The molecular formula is C10H17N5O3S2. The van der Waals surface area contributed by atoms with E-state index in [1.165, 1.54) is 28.6 Å². The lowest BCUT2D eigenvalue weighted by molar-refractivity contribution is 0.300. The molecule has 1 aromatic rings. The van der Waals surface area contributed by atoms with Crippen LogP contribution in [0.2, 0.25) is 0 Å². The van der Waals surface area contributed by atoms with Crippen LogP contribution >= 0.6 is 11.8 Å². The fraction of sp³-hybridized carbons (Fsp3) is 0.600. The van der Waals surface area contributed by atoms with Crippen molar-refractivity contribution in [1.29, 1.82) is 0 Å². The third-order valence-corrected chi connectivity index (χ3v) is 6.81. The molecule has 2 rings (SSSR count). The van der Waals surface area contributed by atoms with Crippen LogP contribution in [0.1, 0.15) is 12.8 Å². The topological polar surface area (TPSA) is 125 Å². The summed E-state index contributed by atoms with van der Waals surface area (Å²) < 4.78 is 25.5. The van der Waals surface area contributed by atoms with Crippen LogP contribution in [0.3, 0.4) is 0 Å². The van der Waals surface area contributed by atoms with Crippen molar-refractivity contribution in [2.24, 2.45) is 10.9 Å². The number of nitrogens with zero attached hydrogens (tertiary/aromatic N) is 3. The van der Waals surface area contributed by atoms with Gasteiger partial charge in [0.25, 0.3) is 10.0 Å². The number of aromatic amines is 1. The molecule has 0 amide bonds. The quantitative estimate of drug-likeness (QED) is 0.311. The van der Waals surface area contributed by atoms with E-state index in [2.05, 4.69) is 15.1 Å². The lowest BCUT2D eigenvalue weighted by Gasteiger charge is -2.38. The summed E-state index contributed by atoms with van der Waals surface area (Å²) in [7, 11) is -3.55. The number of H-pyrrole nitrogens is 1. The van der Waals surface area contributed by atoms with Crippen LogP contribution in [-0.4, -0.2) is 57.8 Å². The molecule has 112 valence electrons. The molecule has 1 saturated heterocycles. The summed E-state index contributed by atoms with van der Waals surface area (Å²) in [6.45, 7) is 0.636. The van der Waals surface area contributed by atoms with Gasteiger partial charge in [-0.15, -0.1) is 0 Å². The first kappa shape index (κ1) is 15.1. The largest absolute Gasteiger partial charge is 0.409 e. The number of thioether (sulfide) groups is 1. The first-order valence-corrected chi connectivity index (χ1v) is 8.64. The minimum atomic E-state index is -3.55. The summed E-state index contributed by atoms with van der Waals surface area (Å²) >= 11 is 1.48. The number of nitrogens with two attached hydrogens (primary N) is 1. The van der Waals surface area contributed by atoms with Gasteiger partial charge in [0.2, 0.25) is 0 Å². The summed E-state index contributed by atoms with van der Waals surface area (Å²) in [4.78, 5) is 6.34. The fourth-order valence-electron chi connectivity index (χ4n) is 2.27. The van der Waals surface area contributed by atoms with Crippen molar-refractivity contribution >= 4 is 27.6 Å². The van der Waals surface area contributed by atoms with Crippen molar-refractivity contribution in [3.05, 3.63) is 12.5 Å². The van der Waals surface area contributed by atoms with Crippen LogP contribution < -0.4 is 5.73 Å². The molecule has 0 spiro atoms. The highest BCUT2D eigenvalue weighted by atomic mass is 32.2. The third-order valence-electron chi connectivity index (χ3n) is 3.59. The zero-order chi connectivity index (χ0) is 14.8. The standard InChI is InChI=1S/C10H17N5O3S2/c1-19-10(9(11)14-16)2-4-15(5-3-10)20(17,18)8-6-12-7-13-8/h6-7,16H,2-5H2,1H3,(H2,11,14)(H,12,13). The van der Waals surface area contributed by atoms with E-state index in [9.17, 15) is 8.42 Å². The summed E-state index contributed by atoms with van der Waals surface area (Å²) in [5.74, 6) is 0.142. The van der Waals surface area contributed by atoms with E-state index in [1.54, 1.807) is 0 Å². The average molecular weight is 319 g/mol. The van der Waals surface area contributed by atoms with Crippen molar-refractivity contribution in [2.75, 3.05) is 19.3 Å². The maximum Gasteiger partial charge on any atom is 0.260 e. The summed E-state index contributed by atoms with van der Waals surface area (Å²) in [5, 5.41) is 12.0. The highest BCUT2D eigenvalue weighted by molar-refractivity contribution is 8.00. The molecule has 8 nitrogen and oxygen atoms in total. The van der Waals surface area contributed by atoms with Crippen LogP contribution in [0.25, 0.3) is 0 Å². The van der Waals surface area contributed by atoms with E-state index in [4.69, 9.17) is 10.9 Å². The number of oxime groups is 1. The van der Waals surface area contributed by atoms with E-state index in [1.807, 2.05) is 6.26 Å². The van der Waals surface area contributed by atoms with Gasteiger partial charge >= 0.3 is 0 Å². The third kappa shape index (κ3) is 2.50. The second-order valence-corrected chi connectivity index (χ2v) is 7.60. The Morgan fingerprint density at radius 2 is 2.25 bits per heavy atom. The Morgan fingerprint density at radius 3 is 2.70 bits per heavy atom. The highest BCUT2D eigenvalue weighted by Crippen LogP contribution is 2.36. The number of rotatable bonds is 4. The van der Waals surface area contributed by atoms with Crippen LogP contribution in [-0.2, 0) is 10.0 Å². The Balaban J connectivity index is 2.16. The molecule has 0 saturated carbocycles. The molecule has 2 heterocycles. The van der Waals surface area contributed by atoms with E-state index in [0.29, 0.717) is 25.9 Å². The van der Waals surface area contributed by atoms with E-state index < -0.39 is 14.8 Å². The highest BCUT2D eigenvalue weighted by Gasteiger charge is 2.41.